The van der Waals surface area contributed by atoms with Gasteiger partial charge in [0.15, 0.2) is 0 Å². The second-order valence-corrected chi connectivity index (χ2v) is 6.77. The summed E-state index contributed by atoms with van der Waals surface area (Å²) >= 11 is 0. The topological polar surface area (TPSA) is 3.88 Å². The summed E-state index contributed by atoms with van der Waals surface area (Å²) in [5.74, 6) is 1.74. The van der Waals surface area contributed by atoms with Crippen LogP contribution in [-0.4, -0.2) is 0 Å². The van der Waals surface area contributed by atoms with Crippen molar-refractivity contribution in [1.82, 2.24) is 0 Å². The normalized spacial score (nSPS) is 30.7. The van der Waals surface area contributed by atoms with Crippen molar-refractivity contribution in [2.45, 2.75) is 18.4 Å². The number of hydrogen-bond donors (Lipinski definition) is 0. The zero-order chi connectivity index (χ0) is 13.6. The lowest BCUT2D eigenvalue weighted by atomic mass is 10.00. The molecule has 1 spiro atoms. The first-order valence-electron chi connectivity index (χ1n) is 7.96. The summed E-state index contributed by atoms with van der Waals surface area (Å²) in [6.07, 6.45) is 2.79. The van der Waals surface area contributed by atoms with Crippen molar-refractivity contribution in [2.75, 3.05) is 0 Å². The predicted molar refractivity (Wildman–Crippen MR) is 82.9 cm³/mol. The molecule has 2 aliphatic carbocycles. The summed E-state index contributed by atoms with van der Waals surface area (Å²) in [6.45, 7) is 0. The van der Waals surface area contributed by atoms with Crippen molar-refractivity contribution < 1.29 is 4.57 Å². The fourth-order valence-electron chi connectivity index (χ4n) is 5.18. The molecule has 6 rings (SSSR count). The maximum Gasteiger partial charge on any atom is 0.214 e. The van der Waals surface area contributed by atoms with Gasteiger partial charge in [0.2, 0.25) is 16.7 Å². The Morgan fingerprint density at radius 3 is 2.43 bits per heavy atom. The number of para-hydroxylation sites is 1. The summed E-state index contributed by atoms with van der Waals surface area (Å²) in [5, 5.41) is 1.36. The molecular weight excluding hydrogens is 254 g/mol. The maximum absolute atomic E-state index is 2.68. The Kier molecular flexibility index (Phi) is 1.60. The summed E-state index contributed by atoms with van der Waals surface area (Å²) in [7, 11) is 0. The number of aromatic nitrogens is 1. The van der Waals surface area contributed by atoms with Crippen LogP contribution in [0.2, 0.25) is 0 Å². The molecule has 0 bridgehead atoms. The van der Waals surface area contributed by atoms with Crippen molar-refractivity contribution >= 4 is 10.9 Å². The molecule has 2 unspecified atom stereocenters. The maximum atomic E-state index is 2.68. The van der Waals surface area contributed by atoms with Gasteiger partial charge < -0.3 is 0 Å². The van der Waals surface area contributed by atoms with Gasteiger partial charge in [-0.25, -0.2) is 0 Å². The van der Waals surface area contributed by atoms with E-state index < -0.39 is 0 Å². The molecular formula is C20H16N+. The fraction of sp³-hybridized carbons (Fsp3) is 0.250. The minimum atomic E-state index is 0.285. The van der Waals surface area contributed by atoms with Crippen LogP contribution >= 0.6 is 0 Å². The Hall–Kier alpha value is -2.15. The Morgan fingerprint density at radius 1 is 0.810 bits per heavy atom. The van der Waals surface area contributed by atoms with E-state index in [4.69, 9.17) is 0 Å². The summed E-state index contributed by atoms with van der Waals surface area (Å²) in [6, 6.07) is 22.5. The van der Waals surface area contributed by atoms with Gasteiger partial charge in [-0.05, 0) is 31.0 Å². The molecule has 2 aromatic carbocycles. The third kappa shape index (κ3) is 0.974. The monoisotopic (exact) mass is 270 g/mol. The van der Waals surface area contributed by atoms with Crippen molar-refractivity contribution in [3.8, 4) is 11.3 Å². The largest absolute Gasteiger partial charge is 0.214 e. The van der Waals surface area contributed by atoms with E-state index in [2.05, 4.69) is 65.2 Å². The third-order valence-electron chi connectivity index (χ3n) is 6.14. The van der Waals surface area contributed by atoms with E-state index in [0.717, 1.165) is 11.8 Å². The zero-order valence-corrected chi connectivity index (χ0v) is 11.8. The van der Waals surface area contributed by atoms with Gasteiger partial charge in [-0.15, -0.1) is 0 Å². The first-order valence-corrected chi connectivity index (χ1v) is 7.96. The smallest absolute Gasteiger partial charge is 0.181 e. The number of benzene rings is 2. The highest BCUT2D eigenvalue weighted by Crippen LogP contribution is 2.72. The highest BCUT2D eigenvalue weighted by Gasteiger charge is 2.81. The van der Waals surface area contributed by atoms with Gasteiger partial charge in [-0.2, -0.15) is 4.57 Å². The highest BCUT2D eigenvalue weighted by atomic mass is 15.2. The Balaban J connectivity index is 1.82. The molecule has 100 valence electrons. The number of fused-ring (bicyclic) bond motifs is 10. The molecule has 21 heavy (non-hydrogen) atoms. The molecule has 1 nitrogen and oxygen atoms in total. The molecule has 3 aromatic rings. The summed E-state index contributed by atoms with van der Waals surface area (Å²) in [4.78, 5) is 0. The Labute approximate surface area is 123 Å². The average molecular weight is 270 g/mol. The van der Waals surface area contributed by atoms with Gasteiger partial charge in [0, 0.05) is 34.9 Å². The highest BCUT2D eigenvalue weighted by molar-refractivity contribution is 5.80. The molecule has 2 heterocycles. The van der Waals surface area contributed by atoms with Crippen molar-refractivity contribution in [3.63, 3.8) is 0 Å². The first kappa shape index (κ1) is 10.6. The quantitative estimate of drug-likeness (QED) is 0.546. The van der Waals surface area contributed by atoms with Crippen molar-refractivity contribution in [1.29, 1.82) is 0 Å². The lowest BCUT2D eigenvalue weighted by molar-refractivity contribution is -0.693. The van der Waals surface area contributed by atoms with Gasteiger partial charge >= 0.3 is 0 Å². The van der Waals surface area contributed by atoms with Gasteiger partial charge in [-0.3, -0.25) is 0 Å². The molecule has 2 saturated carbocycles. The second kappa shape index (κ2) is 3.19. The lowest BCUT2D eigenvalue weighted by Crippen LogP contribution is -2.47. The van der Waals surface area contributed by atoms with E-state index >= 15 is 0 Å². The minimum Gasteiger partial charge on any atom is -0.181 e. The molecule has 0 radical (unpaired) electrons. The van der Waals surface area contributed by atoms with Gasteiger partial charge in [-0.1, -0.05) is 30.3 Å². The summed E-state index contributed by atoms with van der Waals surface area (Å²) < 4.78 is 2.68. The molecule has 2 fully saturated rings. The number of pyridine rings is 1. The van der Waals surface area contributed by atoms with E-state index in [-0.39, 0.29) is 5.54 Å². The van der Waals surface area contributed by atoms with Crippen LogP contribution in [-0.2, 0) is 5.54 Å². The molecule has 2 atom stereocenters. The second-order valence-electron chi connectivity index (χ2n) is 6.77. The van der Waals surface area contributed by atoms with Crippen molar-refractivity contribution in [3.05, 3.63) is 66.2 Å². The van der Waals surface area contributed by atoms with E-state index in [9.17, 15) is 0 Å². The average Bonchev–Trinajstić information content (AvgIpc) is 2.86. The zero-order valence-electron chi connectivity index (χ0n) is 11.8. The first-order chi connectivity index (χ1) is 10.4. The molecule has 0 N–H and O–H groups in total. The Bertz CT molecular complexity index is 914. The van der Waals surface area contributed by atoms with Gasteiger partial charge in [0.25, 0.3) is 0 Å². The van der Waals surface area contributed by atoms with Gasteiger partial charge in [0.1, 0.15) is 0 Å². The van der Waals surface area contributed by atoms with Crippen LogP contribution in [0.15, 0.2) is 60.7 Å². The number of rotatable bonds is 0. The Morgan fingerprint density at radius 2 is 1.57 bits per heavy atom. The standard InChI is InChI=1S/C20H16N/c1-4-8-18-13(5-1)9-12-19-14-6-2-3-7-15(14)20(21(18)19)16-10-11-17(16)20/h1-9,12,16-17H,10-11H2/q+1. The van der Waals surface area contributed by atoms with Crippen molar-refractivity contribution in [2.24, 2.45) is 11.8 Å². The third-order valence-corrected chi connectivity index (χ3v) is 6.14. The van der Waals surface area contributed by atoms with Crippen LogP contribution in [0.25, 0.3) is 22.2 Å². The number of nitrogens with zero attached hydrogens (tertiary/aromatic N) is 1. The van der Waals surface area contributed by atoms with E-state index in [1.165, 1.54) is 35.0 Å². The number of hydrogen-bond acceptors (Lipinski definition) is 0. The van der Waals surface area contributed by atoms with Crippen LogP contribution in [0.3, 0.4) is 0 Å². The van der Waals surface area contributed by atoms with Crippen LogP contribution in [0.5, 0.6) is 0 Å². The molecule has 1 heteroatoms. The lowest BCUT2D eigenvalue weighted by Gasteiger charge is -2.09. The SMILES string of the molecule is c1ccc2c(c1)-c1ccc3ccccc3[n+]1C21C2CCC21. The van der Waals surface area contributed by atoms with E-state index in [1.807, 2.05) is 0 Å². The summed E-state index contributed by atoms with van der Waals surface area (Å²) in [5.41, 5.74) is 6.14. The van der Waals surface area contributed by atoms with Crippen LogP contribution in [0.1, 0.15) is 18.4 Å². The molecule has 1 aromatic heterocycles. The predicted octanol–water partition coefficient (Wildman–Crippen LogP) is 3.89. The minimum absolute atomic E-state index is 0.285. The van der Waals surface area contributed by atoms with E-state index in [1.54, 1.807) is 5.56 Å². The van der Waals surface area contributed by atoms with Gasteiger partial charge in [0.05, 0.1) is 5.56 Å². The molecule has 0 amide bonds. The molecule has 3 aliphatic rings. The van der Waals surface area contributed by atoms with E-state index in [0.29, 0.717) is 0 Å². The molecule has 0 saturated heterocycles. The molecule has 1 aliphatic heterocycles. The van der Waals surface area contributed by atoms with Crippen LogP contribution in [0.4, 0.5) is 0 Å². The van der Waals surface area contributed by atoms with Crippen LogP contribution in [0, 0.1) is 11.8 Å². The van der Waals surface area contributed by atoms with Crippen LogP contribution < -0.4 is 4.57 Å². The fourth-order valence-corrected chi connectivity index (χ4v) is 5.18.